The summed E-state index contributed by atoms with van der Waals surface area (Å²) in [6, 6.07) is 20.4. The number of ether oxygens (including phenoxy) is 1. The van der Waals surface area contributed by atoms with Crippen LogP contribution in [0.2, 0.25) is 0 Å². The zero-order valence-corrected chi connectivity index (χ0v) is 19.8. The van der Waals surface area contributed by atoms with Crippen molar-refractivity contribution in [3.05, 3.63) is 71.8 Å². The highest BCUT2D eigenvalue weighted by Gasteiger charge is 2.23. The molecular formula is C27H29N3O2S. The molecule has 0 spiro atoms. The lowest BCUT2D eigenvalue weighted by Crippen LogP contribution is -2.39. The molecule has 3 aromatic carbocycles. The smallest absolute Gasteiger partial charge is 0.260 e. The normalized spacial score (nSPS) is 14.7. The van der Waals surface area contributed by atoms with Crippen LogP contribution in [0.3, 0.4) is 0 Å². The molecule has 0 radical (unpaired) electrons. The van der Waals surface area contributed by atoms with Gasteiger partial charge < -0.3 is 4.74 Å². The Labute approximate surface area is 198 Å². The van der Waals surface area contributed by atoms with Crippen LogP contribution in [0, 0.1) is 0 Å². The monoisotopic (exact) mass is 459 g/mol. The van der Waals surface area contributed by atoms with Gasteiger partial charge in [0, 0.05) is 31.7 Å². The first-order valence-electron chi connectivity index (χ1n) is 11.7. The number of aromatic nitrogens is 1. The third-order valence-electron chi connectivity index (χ3n) is 6.31. The van der Waals surface area contributed by atoms with E-state index in [-0.39, 0.29) is 5.91 Å². The summed E-state index contributed by atoms with van der Waals surface area (Å²) in [7, 11) is 0. The second-order valence-corrected chi connectivity index (χ2v) is 9.45. The van der Waals surface area contributed by atoms with Crippen molar-refractivity contribution in [3.8, 4) is 0 Å². The summed E-state index contributed by atoms with van der Waals surface area (Å²) in [5.74, 6) is 0.0172. The molecule has 1 fully saturated rings. The van der Waals surface area contributed by atoms with Gasteiger partial charge in [-0.25, -0.2) is 4.98 Å². The summed E-state index contributed by atoms with van der Waals surface area (Å²) in [6.45, 7) is 7.24. The molecule has 0 atom stereocenters. The molecule has 0 bridgehead atoms. The lowest BCUT2D eigenvalue weighted by molar-refractivity contribution is 0.0376. The molecular weight excluding hydrogens is 430 g/mol. The first-order valence-corrected chi connectivity index (χ1v) is 12.5. The molecule has 170 valence electrons. The van der Waals surface area contributed by atoms with Gasteiger partial charge >= 0.3 is 0 Å². The van der Waals surface area contributed by atoms with Gasteiger partial charge in [-0.1, -0.05) is 60.7 Å². The number of rotatable bonds is 7. The number of morpholine rings is 1. The highest BCUT2D eigenvalue weighted by atomic mass is 32.1. The molecule has 33 heavy (non-hydrogen) atoms. The third kappa shape index (κ3) is 4.78. The molecule has 6 heteroatoms. The number of benzene rings is 3. The average Bonchev–Trinajstić information content (AvgIpc) is 3.29. The Balaban J connectivity index is 1.47. The fourth-order valence-electron chi connectivity index (χ4n) is 4.41. The van der Waals surface area contributed by atoms with Gasteiger partial charge in [-0.2, -0.15) is 0 Å². The minimum atomic E-state index is 0.0172. The number of aryl methyl sites for hydroxylation is 1. The molecule has 1 saturated heterocycles. The molecule has 5 rings (SSSR count). The van der Waals surface area contributed by atoms with E-state index >= 15 is 0 Å². The minimum absolute atomic E-state index is 0.0172. The van der Waals surface area contributed by atoms with E-state index in [4.69, 9.17) is 9.72 Å². The largest absolute Gasteiger partial charge is 0.379 e. The van der Waals surface area contributed by atoms with Crippen LogP contribution in [0.15, 0.2) is 60.7 Å². The predicted molar refractivity (Wildman–Crippen MR) is 136 cm³/mol. The number of carbonyl (C=O) groups excluding carboxylic acids is 1. The van der Waals surface area contributed by atoms with Crippen molar-refractivity contribution >= 4 is 43.4 Å². The van der Waals surface area contributed by atoms with E-state index in [0.29, 0.717) is 6.54 Å². The van der Waals surface area contributed by atoms with Crippen molar-refractivity contribution in [1.82, 2.24) is 9.88 Å². The van der Waals surface area contributed by atoms with Gasteiger partial charge in [-0.3, -0.25) is 14.6 Å². The molecule has 4 aromatic rings. The van der Waals surface area contributed by atoms with Gasteiger partial charge in [0.25, 0.3) is 5.91 Å². The Morgan fingerprint density at radius 1 is 1.09 bits per heavy atom. The molecule has 1 aliphatic rings. The number of thiazole rings is 1. The molecule has 1 amide bonds. The van der Waals surface area contributed by atoms with Crippen LogP contribution in [-0.4, -0.2) is 55.2 Å². The maximum Gasteiger partial charge on any atom is 0.260 e. The highest BCUT2D eigenvalue weighted by molar-refractivity contribution is 7.22. The van der Waals surface area contributed by atoms with Gasteiger partial charge in [0.1, 0.15) is 0 Å². The summed E-state index contributed by atoms with van der Waals surface area (Å²) >= 11 is 1.61. The Morgan fingerprint density at radius 2 is 1.91 bits per heavy atom. The van der Waals surface area contributed by atoms with E-state index in [9.17, 15) is 4.79 Å². The maximum absolute atomic E-state index is 13.9. The van der Waals surface area contributed by atoms with Crippen LogP contribution in [0.4, 0.5) is 5.13 Å². The highest BCUT2D eigenvalue weighted by Crippen LogP contribution is 2.32. The van der Waals surface area contributed by atoms with E-state index < -0.39 is 0 Å². The van der Waals surface area contributed by atoms with E-state index in [2.05, 4.69) is 42.2 Å². The van der Waals surface area contributed by atoms with Gasteiger partial charge in [0.2, 0.25) is 0 Å². The molecule has 0 aliphatic carbocycles. The van der Waals surface area contributed by atoms with E-state index in [1.54, 1.807) is 11.3 Å². The quantitative estimate of drug-likeness (QED) is 0.372. The van der Waals surface area contributed by atoms with Gasteiger partial charge in [-0.15, -0.1) is 0 Å². The second-order valence-electron chi connectivity index (χ2n) is 8.44. The number of anilines is 1. The summed E-state index contributed by atoms with van der Waals surface area (Å²) in [6.07, 6.45) is 1.88. The number of carbonyl (C=O) groups is 1. The topological polar surface area (TPSA) is 45.7 Å². The lowest BCUT2D eigenvalue weighted by Gasteiger charge is -2.28. The number of hydrogen-bond donors (Lipinski definition) is 0. The molecule has 0 saturated carbocycles. The summed E-state index contributed by atoms with van der Waals surface area (Å²) in [4.78, 5) is 23.1. The number of amides is 1. The Bertz CT molecular complexity index is 1260. The standard InChI is InChI=1S/C27H29N3O2S/c1-2-20-11-12-24-25(19-20)33-27(28-24)30(14-6-13-29-15-17-32-18-16-29)26(31)23-10-5-8-21-7-3-4-9-22(21)23/h3-5,7-12,19H,2,6,13-18H2,1H3. The zero-order valence-electron chi connectivity index (χ0n) is 19.0. The van der Waals surface area contributed by atoms with Crippen LogP contribution in [0.25, 0.3) is 21.0 Å². The fraction of sp³-hybridized carbons (Fsp3) is 0.333. The van der Waals surface area contributed by atoms with Crippen molar-refractivity contribution in [2.75, 3.05) is 44.3 Å². The van der Waals surface area contributed by atoms with Crippen molar-refractivity contribution < 1.29 is 9.53 Å². The van der Waals surface area contributed by atoms with Crippen molar-refractivity contribution in [2.24, 2.45) is 0 Å². The SMILES string of the molecule is CCc1ccc2nc(N(CCCN3CCOCC3)C(=O)c3cccc4ccccc34)sc2c1. The lowest BCUT2D eigenvalue weighted by atomic mass is 10.0. The van der Waals surface area contributed by atoms with Crippen molar-refractivity contribution in [3.63, 3.8) is 0 Å². The fourth-order valence-corrected chi connectivity index (χ4v) is 5.46. The third-order valence-corrected chi connectivity index (χ3v) is 7.35. The number of nitrogens with zero attached hydrogens (tertiary/aromatic N) is 3. The Kier molecular flexibility index (Phi) is 6.67. The summed E-state index contributed by atoms with van der Waals surface area (Å²) in [5.41, 5.74) is 2.97. The Morgan fingerprint density at radius 3 is 2.76 bits per heavy atom. The average molecular weight is 460 g/mol. The van der Waals surface area contributed by atoms with E-state index in [0.717, 1.165) is 77.4 Å². The van der Waals surface area contributed by atoms with Gasteiger partial charge in [0.15, 0.2) is 5.13 Å². The molecule has 1 aromatic heterocycles. The van der Waals surface area contributed by atoms with E-state index in [1.165, 1.54) is 5.56 Å². The molecule has 1 aliphatic heterocycles. The summed E-state index contributed by atoms with van der Waals surface area (Å²) < 4.78 is 6.60. The van der Waals surface area contributed by atoms with Crippen LogP contribution in [0.5, 0.6) is 0 Å². The molecule has 5 nitrogen and oxygen atoms in total. The van der Waals surface area contributed by atoms with E-state index in [1.807, 2.05) is 35.2 Å². The van der Waals surface area contributed by atoms with Crippen molar-refractivity contribution in [2.45, 2.75) is 19.8 Å². The van der Waals surface area contributed by atoms with Crippen LogP contribution < -0.4 is 4.90 Å². The first kappa shape index (κ1) is 22.0. The molecule has 2 heterocycles. The van der Waals surface area contributed by atoms with Crippen LogP contribution in [-0.2, 0) is 11.2 Å². The van der Waals surface area contributed by atoms with Crippen LogP contribution >= 0.6 is 11.3 Å². The predicted octanol–water partition coefficient (Wildman–Crippen LogP) is 5.38. The second kappa shape index (κ2) is 10.00. The van der Waals surface area contributed by atoms with Gasteiger partial charge in [-0.05, 0) is 47.4 Å². The molecule has 0 N–H and O–H groups in total. The van der Waals surface area contributed by atoms with Gasteiger partial charge in [0.05, 0.1) is 23.4 Å². The zero-order chi connectivity index (χ0) is 22.6. The number of hydrogen-bond acceptors (Lipinski definition) is 5. The number of fused-ring (bicyclic) bond motifs is 2. The first-order chi connectivity index (χ1) is 16.2. The minimum Gasteiger partial charge on any atom is -0.379 e. The molecule has 0 unspecified atom stereocenters. The maximum atomic E-state index is 13.9. The van der Waals surface area contributed by atoms with Crippen LogP contribution in [0.1, 0.15) is 29.3 Å². The Hall–Kier alpha value is -2.80. The summed E-state index contributed by atoms with van der Waals surface area (Å²) in [5, 5.41) is 2.84. The van der Waals surface area contributed by atoms with Crippen molar-refractivity contribution in [1.29, 1.82) is 0 Å².